The zero-order valence-electron chi connectivity index (χ0n) is 17.3. The Bertz CT molecular complexity index is 879. The number of nitro groups is 1. The Labute approximate surface area is 175 Å². The third-order valence-corrected chi connectivity index (χ3v) is 5.27. The fraction of sp³-hybridized carbons (Fsp3) is 0.381. The average molecular weight is 413 g/mol. The third-order valence-electron chi connectivity index (χ3n) is 5.27. The van der Waals surface area contributed by atoms with Gasteiger partial charge in [-0.2, -0.15) is 0 Å². The van der Waals surface area contributed by atoms with Gasteiger partial charge in [0.25, 0.3) is 5.69 Å². The van der Waals surface area contributed by atoms with Crippen molar-refractivity contribution in [3.63, 3.8) is 0 Å². The standard InChI is InChI=1S/C21H27N5O4/c1-16-19(4-3-5-20(16)26(28)29)23-21(27)22-10-11-24-12-14-25(15-13-24)17-6-8-18(30-2)9-7-17/h3-9H,10-15H2,1-2H3,(H2,22,23,27). The number of methoxy groups -OCH3 is 1. The molecule has 0 aliphatic carbocycles. The predicted molar refractivity (Wildman–Crippen MR) is 117 cm³/mol. The van der Waals surface area contributed by atoms with Crippen LogP contribution in [-0.4, -0.2) is 62.2 Å². The average Bonchev–Trinajstić information content (AvgIpc) is 2.75. The lowest BCUT2D eigenvalue weighted by Gasteiger charge is -2.36. The van der Waals surface area contributed by atoms with Crippen molar-refractivity contribution in [3.8, 4) is 5.75 Å². The third kappa shape index (κ3) is 5.38. The summed E-state index contributed by atoms with van der Waals surface area (Å²) >= 11 is 0. The first-order valence-electron chi connectivity index (χ1n) is 9.88. The molecule has 30 heavy (non-hydrogen) atoms. The molecule has 2 aromatic rings. The number of carbonyl (C=O) groups is 1. The molecule has 1 aliphatic rings. The molecule has 9 heteroatoms. The van der Waals surface area contributed by atoms with E-state index >= 15 is 0 Å². The van der Waals surface area contributed by atoms with Crippen molar-refractivity contribution in [3.05, 3.63) is 58.1 Å². The van der Waals surface area contributed by atoms with E-state index in [1.807, 2.05) is 12.1 Å². The molecule has 2 amide bonds. The summed E-state index contributed by atoms with van der Waals surface area (Å²) in [5, 5.41) is 16.5. The zero-order chi connectivity index (χ0) is 21.5. The summed E-state index contributed by atoms with van der Waals surface area (Å²) < 4.78 is 5.20. The molecule has 9 nitrogen and oxygen atoms in total. The highest BCUT2D eigenvalue weighted by atomic mass is 16.6. The fourth-order valence-corrected chi connectivity index (χ4v) is 3.47. The van der Waals surface area contributed by atoms with E-state index in [0.29, 0.717) is 17.8 Å². The minimum absolute atomic E-state index is 0.0115. The van der Waals surface area contributed by atoms with Crippen molar-refractivity contribution in [2.45, 2.75) is 6.92 Å². The Morgan fingerprint density at radius 2 is 1.83 bits per heavy atom. The maximum absolute atomic E-state index is 12.1. The summed E-state index contributed by atoms with van der Waals surface area (Å²) in [5.41, 5.74) is 2.05. The molecule has 2 N–H and O–H groups in total. The van der Waals surface area contributed by atoms with Crippen molar-refractivity contribution in [1.29, 1.82) is 0 Å². The molecular formula is C21H27N5O4. The van der Waals surface area contributed by atoms with Crippen LogP contribution >= 0.6 is 0 Å². The van der Waals surface area contributed by atoms with Gasteiger partial charge < -0.3 is 20.3 Å². The Balaban J connectivity index is 1.40. The maximum Gasteiger partial charge on any atom is 0.319 e. The maximum atomic E-state index is 12.1. The highest BCUT2D eigenvalue weighted by molar-refractivity contribution is 5.90. The number of benzene rings is 2. The summed E-state index contributed by atoms with van der Waals surface area (Å²) in [6, 6.07) is 12.3. The number of nitro benzene ring substituents is 1. The first-order valence-corrected chi connectivity index (χ1v) is 9.88. The van der Waals surface area contributed by atoms with Crippen LogP contribution in [0.25, 0.3) is 0 Å². The van der Waals surface area contributed by atoms with Crippen molar-refractivity contribution >= 4 is 23.1 Å². The second-order valence-corrected chi connectivity index (χ2v) is 7.11. The summed E-state index contributed by atoms with van der Waals surface area (Å²) in [4.78, 5) is 27.3. The van der Waals surface area contributed by atoms with E-state index in [4.69, 9.17) is 4.74 Å². The summed E-state index contributed by atoms with van der Waals surface area (Å²) in [6.07, 6.45) is 0. The molecule has 0 aromatic heterocycles. The molecule has 3 rings (SSSR count). The molecule has 1 saturated heterocycles. The Morgan fingerprint density at radius 1 is 1.13 bits per heavy atom. The molecule has 1 aliphatic heterocycles. The van der Waals surface area contributed by atoms with Gasteiger partial charge in [0.1, 0.15) is 5.75 Å². The molecule has 0 atom stereocenters. The van der Waals surface area contributed by atoms with Gasteiger partial charge in [-0.15, -0.1) is 0 Å². The molecule has 0 unspecified atom stereocenters. The van der Waals surface area contributed by atoms with Crippen LogP contribution in [0.15, 0.2) is 42.5 Å². The molecule has 1 heterocycles. The number of piperazine rings is 1. The van der Waals surface area contributed by atoms with Gasteiger partial charge in [-0.1, -0.05) is 6.07 Å². The number of amides is 2. The van der Waals surface area contributed by atoms with Crippen LogP contribution in [0.2, 0.25) is 0 Å². The SMILES string of the molecule is COc1ccc(N2CCN(CCNC(=O)Nc3cccc([N+](=O)[O-])c3C)CC2)cc1. The van der Waals surface area contributed by atoms with Crippen molar-refractivity contribution in [1.82, 2.24) is 10.2 Å². The van der Waals surface area contributed by atoms with Gasteiger partial charge >= 0.3 is 6.03 Å². The van der Waals surface area contributed by atoms with Gasteiger partial charge in [-0.3, -0.25) is 15.0 Å². The molecule has 2 aromatic carbocycles. The van der Waals surface area contributed by atoms with E-state index in [1.165, 1.54) is 11.8 Å². The van der Waals surface area contributed by atoms with Gasteiger partial charge in [0, 0.05) is 51.0 Å². The summed E-state index contributed by atoms with van der Waals surface area (Å²) in [7, 11) is 1.66. The fourth-order valence-electron chi connectivity index (χ4n) is 3.47. The molecular weight excluding hydrogens is 386 g/mol. The summed E-state index contributed by atoms with van der Waals surface area (Å²) in [6.45, 7) is 6.55. The number of nitrogens with one attached hydrogen (secondary N) is 2. The highest BCUT2D eigenvalue weighted by Crippen LogP contribution is 2.25. The van der Waals surface area contributed by atoms with Gasteiger partial charge in [0.15, 0.2) is 0 Å². The Kier molecular flexibility index (Phi) is 7.08. The van der Waals surface area contributed by atoms with Gasteiger partial charge in [0.2, 0.25) is 0 Å². The van der Waals surface area contributed by atoms with E-state index in [9.17, 15) is 14.9 Å². The lowest BCUT2D eigenvalue weighted by Crippen LogP contribution is -2.48. The van der Waals surface area contributed by atoms with E-state index in [1.54, 1.807) is 26.2 Å². The monoisotopic (exact) mass is 413 g/mol. The van der Waals surface area contributed by atoms with Gasteiger partial charge in [-0.25, -0.2) is 4.79 Å². The van der Waals surface area contributed by atoms with Crippen molar-refractivity contribution in [2.75, 3.05) is 56.6 Å². The number of nitrogens with zero attached hydrogens (tertiary/aromatic N) is 3. The minimum Gasteiger partial charge on any atom is -0.497 e. The van der Waals surface area contributed by atoms with Crippen LogP contribution in [0.5, 0.6) is 5.75 Å². The summed E-state index contributed by atoms with van der Waals surface area (Å²) in [5.74, 6) is 0.849. The quantitative estimate of drug-likeness (QED) is 0.535. The van der Waals surface area contributed by atoms with Gasteiger partial charge in [0.05, 0.1) is 23.3 Å². The molecule has 0 radical (unpaired) electrons. The van der Waals surface area contributed by atoms with E-state index in [2.05, 4.69) is 32.6 Å². The number of ether oxygens (including phenoxy) is 1. The molecule has 0 spiro atoms. The van der Waals surface area contributed by atoms with Gasteiger partial charge in [-0.05, 0) is 37.3 Å². The second kappa shape index (κ2) is 9.93. The van der Waals surface area contributed by atoms with Crippen molar-refractivity contribution in [2.24, 2.45) is 0 Å². The number of urea groups is 1. The minimum atomic E-state index is -0.454. The number of hydrogen-bond donors (Lipinski definition) is 2. The zero-order valence-corrected chi connectivity index (χ0v) is 17.3. The second-order valence-electron chi connectivity index (χ2n) is 7.11. The van der Waals surface area contributed by atoms with Crippen molar-refractivity contribution < 1.29 is 14.5 Å². The normalized spacial score (nSPS) is 14.3. The number of carbonyl (C=O) groups excluding carboxylic acids is 1. The van der Waals surface area contributed by atoms with E-state index in [0.717, 1.165) is 38.5 Å². The Hall–Kier alpha value is -3.33. The molecule has 0 saturated carbocycles. The topological polar surface area (TPSA) is 100.0 Å². The molecule has 160 valence electrons. The first-order chi connectivity index (χ1) is 14.5. The van der Waals surface area contributed by atoms with Crippen LogP contribution in [0, 0.1) is 17.0 Å². The van der Waals surface area contributed by atoms with Crippen LogP contribution in [0.3, 0.4) is 0 Å². The lowest BCUT2D eigenvalue weighted by molar-refractivity contribution is -0.385. The largest absolute Gasteiger partial charge is 0.497 e. The first kappa shape index (κ1) is 21.4. The van der Waals surface area contributed by atoms with Crippen LogP contribution < -0.4 is 20.3 Å². The molecule has 1 fully saturated rings. The smallest absolute Gasteiger partial charge is 0.319 e. The number of hydrogen-bond acceptors (Lipinski definition) is 6. The van der Waals surface area contributed by atoms with Crippen LogP contribution in [-0.2, 0) is 0 Å². The van der Waals surface area contributed by atoms with Crippen LogP contribution in [0.1, 0.15) is 5.56 Å². The Morgan fingerprint density at radius 3 is 2.47 bits per heavy atom. The molecule has 0 bridgehead atoms. The predicted octanol–water partition coefficient (Wildman–Crippen LogP) is 2.86. The van der Waals surface area contributed by atoms with E-state index < -0.39 is 4.92 Å². The van der Waals surface area contributed by atoms with E-state index in [-0.39, 0.29) is 11.7 Å². The number of rotatable bonds is 7. The number of anilines is 2. The van der Waals surface area contributed by atoms with Crippen LogP contribution in [0.4, 0.5) is 21.9 Å². The lowest BCUT2D eigenvalue weighted by atomic mass is 10.1. The highest BCUT2D eigenvalue weighted by Gasteiger charge is 2.18.